The van der Waals surface area contributed by atoms with Gasteiger partial charge >= 0.3 is 0 Å². The number of carbonyl (C=O) groups excluding carboxylic acids is 1. The summed E-state index contributed by atoms with van der Waals surface area (Å²) in [6.07, 6.45) is 5.96. The maximum Gasteiger partial charge on any atom is 0.189 e. The molecule has 0 aromatic heterocycles. The minimum absolute atomic E-state index is 0.167. The fourth-order valence-corrected chi connectivity index (χ4v) is 5.36. The maximum absolute atomic E-state index is 13.2. The Labute approximate surface area is 176 Å². The monoisotopic (exact) mass is 408 g/mol. The fourth-order valence-electron chi connectivity index (χ4n) is 5.36. The van der Waals surface area contributed by atoms with Gasteiger partial charge in [-0.3, -0.25) is 4.79 Å². The summed E-state index contributed by atoms with van der Waals surface area (Å²) in [5, 5.41) is 23.2. The summed E-state index contributed by atoms with van der Waals surface area (Å²) in [5.74, 6) is -2.45. The van der Waals surface area contributed by atoms with Gasteiger partial charge in [0.2, 0.25) is 0 Å². The molecule has 2 aliphatic carbocycles. The van der Waals surface area contributed by atoms with Gasteiger partial charge in [0.1, 0.15) is 5.76 Å². The number of allylic oxidation sites excluding steroid dienone is 3. The van der Waals surface area contributed by atoms with Gasteiger partial charge in [-0.15, -0.1) is 0 Å². The highest BCUT2D eigenvalue weighted by Gasteiger charge is 2.72. The van der Waals surface area contributed by atoms with Gasteiger partial charge in [0, 0.05) is 18.6 Å². The number of aliphatic hydroxyl groups is 2. The number of hydrogen-bond donors (Lipinski definition) is 2. The van der Waals surface area contributed by atoms with Crippen molar-refractivity contribution in [3.05, 3.63) is 23.5 Å². The summed E-state index contributed by atoms with van der Waals surface area (Å²) in [5.41, 5.74) is -0.526. The third kappa shape index (κ3) is 4.06. The Hall–Kier alpha value is -1.17. The molecule has 0 radical (unpaired) electrons. The lowest BCUT2D eigenvalue weighted by molar-refractivity contribution is -0.336. The van der Waals surface area contributed by atoms with E-state index in [4.69, 9.17) is 9.47 Å². The van der Waals surface area contributed by atoms with Crippen molar-refractivity contribution in [2.45, 2.75) is 85.5 Å². The van der Waals surface area contributed by atoms with Crippen LogP contribution in [0.3, 0.4) is 0 Å². The molecule has 0 aromatic carbocycles. The van der Waals surface area contributed by atoms with E-state index in [1.807, 2.05) is 26.8 Å². The molecule has 0 saturated heterocycles. The quantitative estimate of drug-likeness (QED) is 0.483. The van der Waals surface area contributed by atoms with Crippen molar-refractivity contribution in [3.8, 4) is 0 Å². The summed E-state index contributed by atoms with van der Waals surface area (Å²) in [7, 11) is 2.95. The Balaban J connectivity index is 2.57. The molecule has 2 N–H and O–H groups in total. The smallest absolute Gasteiger partial charge is 0.189 e. The summed E-state index contributed by atoms with van der Waals surface area (Å²) in [6.45, 7) is 12.4. The Kier molecular flexibility index (Phi) is 6.78. The van der Waals surface area contributed by atoms with E-state index in [1.165, 1.54) is 20.3 Å². The molecule has 1 saturated carbocycles. The van der Waals surface area contributed by atoms with E-state index >= 15 is 0 Å². The molecule has 5 heteroatoms. The van der Waals surface area contributed by atoms with Crippen molar-refractivity contribution in [3.63, 3.8) is 0 Å². The summed E-state index contributed by atoms with van der Waals surface area (Å²) in [4.78, 5) is 13.2. The number of rotatable bonds is 7. The van der Waals surface area contributed by atoms with Crippen LogP contribution < -0.4 is 0 Å². The van der Waals surface area contributed by atoms with E-state index in [2.05, 4.69) is 20.8 Å². The van der Waals surface area contributed by atoms with Crippen LogP contribution in [-0.2, 0) is 14.3 Å². The zero-order chi connectivity index (χ0) is 22.3. The number of ketones is 1. The van der Waals surface area contributed by atoms with E-state index in [-0.39, 0.29) is 17.6 Å². The number of hydrogen-bond acceptors (Lipinski definition) is 5. The Bertz CT molecular complexity index is 684. The van der Waals surface area contributed by atoms with Crippen molar-refractivity contribution >= 4 is 5.78 Å². The Morgan fingerprint density at radius 2 is 1.93 bits per heavy atom. The molecule has 0 amide bonds. The first-order chi connectivity index (χ1) is 13.3. The molecule has 0 spiro atoms. The number of carbonyl (C=O) groups is 1. The normalized spacial score (nSPS) is 37.2. The molecule has 0 heterocycles. The molecule has 2 rings (SSSR count). The summed E-state index contributed by atoms with van der Waals surface area (Å²) < 4.78 is 11.3. The molecule has 4 unspecified atom stereocenters. The lowest BCUT2D eigenvalue weighted by Crippen LogP contribution is -2.71. The van der Waals surface area contributed by atoms with Crippen LogP contribution in [0.2, 0.25) is 0 Å². The highest BCUT2D eigenvalue weighted by atomic mass is 16.6. The van der Waals surface area contributed by atoms with Crippen LogP contribution in [0.25, 0.3) is 0 Å². The molecule has 5 nitrogen and oxygen atoms in total. The molecule has 0 aromatic rings. The van der Waals surface area contributed by atoms with Crippen molar-refractivity contribution in [2.24, 2.45) is 22.2 Å². The predicted molar refractivity (Wildman–Crippen MR) is 114 cm³/mol. The molecule has 2 bridgehead atoms. The van der Waals surface area contributed by atoms with E-state index in [0.29, 0.717) is 18.6 Å². The number of methoxy groups -OCH3 is 2. The lowest BCUT2D eigenvalue weighted by atomic mass is 9.47. The van der Waals surface area contributed by atoms with Gasteiger partial charge in [0.05, 0.1) is 24.5 Å². The van der Waals surface area contributed by atoms with Gasteiger partial charge in [0.15, 0.2) is 11.6 Å². The second-order valence-corrected chi connectivity index (χ2v) is 10.7. The molecule has 166 valence electrons. The standard InChI is InChI=1S/C24H40O5/c1-16(2)10-13-23-15-18(26)22(6,12-9-11-21(3,4)5)20(24(23,27)29-8)17(25)14-19(23)28-7/h10,14,18,20,26-27H,9,11-13,15H2,1-8H3/t18?,20?,22?,23?,24-/m0/s1. The van der Waals surface area contributed by atoms with Crippen LogP contribution in [0, 0.1) is 22.2 Å². The minimum Gasteiger partial charge on any atom is -0.500 e. The molecule has 5 atom stereocenters. The second-order valence-electron chi connectivity index (χ2n) is 10.7. The van der Waals surface area contributed by atoms with E-state index < -0.39 is 28.6 Å². The largest absolute Gasteiger partial charge is 0.500 e. The molecular weight excluding hydrogens is 368 g/mol. The van der Waals surface area contributed by atoms with E-state index in [0.717, 1.165) is 18.4 Å². The molecule has 0 aliphatic heterocycles. The SMILES string of the molecule is COC1=CC(=O)C2C(C)(CCCC(C)(C)C)C(O)CC1(CC=C(C)C)[C@@]2(O)OC. The molecule has 2 aliphatic rings. The minimum atomic E-state index is -1.74. The van der Waals surface area contributed by atoms with Gasteiger partial charge in [-0.2, -0.15) is 0 Å². The van der Waals surface area contributed by atoms with Crippen molar-refractivity contribution < 1.29 is 24.5 Å². The van der Waals surface area contributed by atoms with Crippen molar-refractivity contribution in [1.29, 1.82) is 0 Å². The highest BCUT2D eigenvalue weighted by Crippen LogP contribution is 2.64. The van der Waals surface area contributed by atoms with Gasteiger partial charge in [-0.25, -0.2) is 0 Å². The molecule has 29 heavy (non-hydrogen) atoms. The van der Waals surface area contributed by atoms with E-state index in [9.17, 15) is 15.0 Å². The third-order valence-electron chi connectivity index (χ3n) is 7.10. The van der Waals surface area contributed by atoms with Crippen molar-refractivity contribution in [2.75, 3.05) is 14.2 Å². The van der Waals surface area contributed by atoms with E-state index in [1.54, 1.807) is 0 Å². The van der Waals surface area contributed by atoms with Gasteiger partial charge in [-0.05, 0) is 44.9 Å². The molecular formula is C24H40O5. The highest BCUT2D eigenvalue weighted by molar-refractivity contribution is 5.95. The van der Waals surface area contributed by atoms with Crippen LogP contribution in [-0.4, -0.2) is 42.1 Å². The van der Waals surface area contributed by atoms with Crippen LogP contribution >= 0.6 is 0 Å². The topological polar surface area (TPSA) is 76.0 Å². The van der Waals surface area contributed by atoms with Crippen LogP contribution in [0.5, 0.6) is 0 Å². The summed E-state index contributed by atoms with van der Waals surface area (Å²) >= 11 is 0. The average molecular weight is 409 g/mol. The van der Waals surface area contributed by atoms with Gasteiger partial charge < -0.3 is 19.7 Å². The zero-order valence-corrected chi connectivity index (χ0v) is 19.5. The van der Waals surface area contributed by atoms with Gasteiger partial charge in [-0.1, -0.05) is 45.8 Å². The first kappa shape index (κ1) is 24.1. The van der Waals surface area contributed by atoms with Crippen LogP contribution in [0.4, 0.5) is 0 Å². The number of ether oxygens (including phenoxy) is 2. The predicted octanol–water partition coefficient (Wildman–Crippen LogP) is 4.38. The number of fused-ring (bicyclic) bond motifs is 2. The number of aliphatic hydroxyl groups excluding tert-OH is 1. The zero-order valence-electron chi connectivity index (χ0n) is 19.5. The summed E-state index contributed by atoms with van der Waals surface area (Å²) in [6, 6.07) is 0. The third-order valence-corrected chi connectivity index (χ3v) is 7.10. The van der Waals surface area contributed by atoms with Crippen molar-refractivity contribution in [1.82, 2.24) is 0 Å². The molecule has 1 fully saturated rings. The first-order valence-electron chi connectivity index (χ1n) is 10.7. The second kappa shape index (κ2) is 8.16. The average Bonchev–Trinajstić information content (AvgIpc) is 2.60. The van der Waals surface area contributed by atoms with Crippen LogP contribution in [0.15, 0.2) is 23.5 Å². The van der Waals surface area contributed by atoms with Gasteiger partial charge in [0.25, 0.3) is 0 Å². The Morgan fingerprint density at radius 1 is 1.31 bits per heavy atom. The maximum atomic E-state index is 13.2. The first-order valence-corrected chi connectivity index (χ1v) is 10.7. The van der Waals surface area contributed by atoms with Crippen LogP contribution in [0.1, 0.15) is 73.6 Å². The lowest BCUT2D eigenvalue weighted by Gasteiger charge is -2.62. The fraction of sp³-hybridized carbons (Fsp3) is 0.792. The Morgan fingerprint density at radius 3 is 2.41 bits per heavy atom.